The molecule has 2 rings (SSSR count). The number of hydrogen-bond acceptors (Lipinski definition) is 2. The summed E-state index contributed by atoms with van der Waals surface area (Å²) < 4.78 is 0. The third-order valence-electron chi connectivity index (χ3n) is 3.14. The molecule has 0 bridgehead atoms. The molecule has 3 heteroatoms. The standard InChI is InChI=1S/C14H20N2O/c1-3-15-10(2)12-6-4-5-7-13(12)16-14(17)11-8-9-11/h4-7,10-11,15H,3,8-9H2,1-2H3,(H,16,17). The van der Waals surface area contributed by atoms with Crippen LogP contribution in [0.5, 0.6) is 0 Å². The Bertz CT molecular complexity index is 399. The van der Waals surface area contributed by atoms with Gasteiger partial charge in [0.15, 0.2) is 0 Å². The predicted molar refractivity (Wildman–Crippen MR) is 69.9 cm³/mol. The molecule has 1 aliphatic carbocycles. The van der Waals surface area contributed by atoms with Gasteiger partial charge in [-0.3, -0.25) is 4.79 Å². The molecule has 17 heavy (non-hydrogen) atoms. The highest BCUT2D eigenvalue weighted by atomic mass is 16.2. The van der Waals surface area contributed by atoms with Gasteiger partial charge in [0.25, 0.3) is 0 Å². The fourth-order valence-electron chi connectivity index (χ4n) is 1.98. The van der Waals surface area contributed by atoms with E-state index < -0.39 is 0 Å². The second kappa shape index (κ2) is 5.32. The highest BCUT2D eigenvalue weighted by molar-refractivity contribution is 5.94. The van der Waals surface area contributed by atoms with Crippen LogP contribution in [0.2, 0.25) is 0 Å². The average Bonchev–Trinajstić information content (AvgIpc) is 3.13. The molecular formula is C14H20N2O. The largest absolute Gasteiger partial charge is 0.326 e. The highest BCUT2D eigenvalue weighted by Gasteiger charge is 2.30. The second-order valence-corrected chi connectivity index (χ2v) is 4.63. The van der Waals surface area contributed by atoms with E-state index in [4.69, 9.17) is 0 Å². The van der Waals surface area contributed by atoms with Gasteiger partial charge in [0.05, 0.1) is 0 Å². The summed E-state index contributed by atoms with van der Waals surface area (Å²) in [5.41, 5.74) is 2.10. The third-order valence-corrected chi connectivity index (χ3v) is 3.14. The van der Waals surface area contributed by atoms with E-state index in [0.29, 0.717) is 0 Å². The molecule has 3 nitrogen and oxygen atoms in total. The topological polar surface area (TPSA) is 41.1 Å². The summed E-state index contributed by atoms with van der Waals surface area (Å²) in [4.78, 5) is 11.8. The number of carbonyl (C=O) groups excluding carboxylic acids is 1. The molecule has 2 N–H and O–H groups in total. The van der Waals surface area contributed by atoms with Crippen LogP contribution in [0.1, 0.15) is 38.3 Å². The smallest absolute Gasteiger partial charge is 0.227 e. The molecule has 1 saturated carbocycles. The fraction of sp³-hybridized carbons (Fsp3) is 0.500. The Morgan fingerprint density at radius 3 is 2.76 bits per heavy atom. The summed E-state index contributed by atoms with van der Waals surface area (Å²) in [6.07, 6.45) is 2.08. The Hall–Kier alpha value is -1.35. The van der Waals surface area contributed by atoms with Gasteiger partial charge in [0.2, 0.25) is 5.91 Å². The minimum atomic E-state index is 0.168. The molecule has 0 radical (unpaired) electrons. The number of carbonyl (C=O) groups is 1. The lowest BCUT2D eigenvalue weighted by molar-refractivity contribution is -0.117. The fourth-order valence-corrected chi connectivity index (χ4v) is 1.98. The summed E-state index contributed by atoms with van der Waals surface area (Å²) in [7, 11) is 0. The van der Waals surface area contributed by atoms with E-state index >= 15 is 0 Å². The molecule has 0 aliphatic heterocycles. The van der Waals surface area contributed by atoms with Gasteiger partial charge in [-0.1, -0.05) is 25.1 Å². The third kappa shape index (κ3) is 3.07. The summed E-state index contributed by atoms with van der Waals surface area (Å²) in [5, 5.41) is 6.40. The molecule has 1 amide bonds. The van der Waals surface area contributed by atoms with Crippen molar-refractivity contribution in [1.29, 1.82) is 0 Å². The van der Waals surface area contributed by atoms with Crippen LogP contribution in [-0.2, 0) is 4.79 Å². The van der Waals surface area contributed by atoms with Crippen molar-refractivity contribution in [1.82, 2.24) is 5.32 Å². The summed E-state index contributed by atoms with van der Waals surface area (Å²) in [5.74, 6) is 0.415. The van der Waals surface area contributed by atoms with Gasteiger partial charge in [0.1, 0.15) is 0 Å². The van der Waals surface area contributed by atoms with Crippen molar-refractivity contribution >= 4 is 11.6 Å². The first kappa shape index (κ1) is 12.1. The van der Waals surface area contributed by atoms with Crippen molar-refractivity contribution in [2.45, 2.75) is 32.7 Å². The van der Waals surface area contributed by atoms with Crippen LogP contribution in [0.3, 0.4) is 0 Å². The molecule has 92 valence electrons. The molecule has 1 aliphatic rings. The maximum Gasteiger partial charge on any atom is 0.227 e. The van der Waals surface area contributed by atoms with E-state index in [-0.39, 0.29) is 17.9 Å². The molecule has 1 atom stereocenters. The van der Waals surface area contributed by atoms with Crippen molar-refractivity contribution in [2.75, 3.05) is 11.9 Å². The Morgan fingerprint density at radius 2 is 2.12 bits per heavy atom. The van der Waals surface area contributed by atoms with E-state index in [1.807, 2.05) is 18.2 Å². The van der Waals surface area contributed by atoms with Crippen LogP contribution in [0.15, 0.2) is 24.3 Å². The maximum absolute atomic E-state index is 11.8. The highest BCUT2D eigenvalue weighted by Crippen LogP contribution is 2.31. The first-order valence-corrected chi connectivity index (χ1v) is 6.35. The predicted octanol–water partition coefficient (Wildman–Crippen LogP) is 2.71. The molecular weight excluding hydrogens is 212 g/mol. The summed E-state index contributed by atoms with van der Waals surface area (Å²) in [6, 6.07) is 8.27. The molecule has 0 aromatic heterocycles. The number of anilines is 1. The zero-order chi connectivity index (χ0) is 12.3. The van der Waals surface area contributed by atoms with Gasteiger partial charge >= 0.3 is 0 Å². The Kier molecular flexibility index (Phi) is 3.79. The van der Waals surface area contributed by atoms with Gasteiger partial charge in [0, 0.05) is 17.6 Å². The van der Waals surface area contributed by atoms with Crippen LogP contribution in [0, 0.1) is 5.92 Å². The maximum atomic E-state index is 11.8. The quantitative estimate of drug-likeness (QED) is 0.819. The molecule has 1 aromatic rings. The SMILES string of the molecule is CCNC(C)c1ccccc1NC(=O)C1CC1. The molecule has 1 fully saturated rings. The second-order valence-electron chi connectivity index (χ2n) is 4.63. The van der Waals surface area contributed by atoms with Crippen LogP contribution >= 0.6 is 0 Å². The van der Waals surface area contributed by atoms with Gasteiger partial charge < -0.3 is 10.6 Å². The Morgan fingerprint density at radius 1 is 1.41 bits per heavy atom. The van der Waals surface area contributed by atoms with E-state index in [1.165, 1.54) is 0 Å². The first-order chi connectivity index (χ1) is 8.22. The lowest BCUT2D eigenvalue weighted by atomic mass is 10.1. The molecule has 0 spiro atoms. The lowest BCUT2D eigenvalue weighted by Gasteiger charge is -2.17. The van der Waals surface area contributed by atoms with Crippen molar-refractivity contribution in [3.8, 4) is 0 Å². The van der Waals surface area contributed by atoms with E-state index in [9.17, 15) is 4.79 Å². The van der Waals surface area contributed by atoms with Gasteiger partial charge in [-0.05, 0) is 37.9 Å². The lowest BCUT2D eigenvalue weighted by Crippen LogP contribution is -2.21. The van der Waals surface area contributed by atoms with Crippen LogP contribution in [0.25, 0.3) is 0 Å². The molecule has 1 aromatic carbocycles. The van der Waals surface area contributed by atoms with Crippen molar-refractivity contribution in [2.24, 2.45) is 5.92 Å². The zero-order valence-electron chi connectivity index (χ0n) is 10.5. The Labute approximate surface area is 103 Å². The van der Waals surface area contributed by atoms with Crippen LogP contribution in [0.4, 0.5) is 5.69 Å². The van der Waals surface area contributed by atoms with E-state index in [2.05, 4.69) is 30.5 Å². The van der Waals surface area contributed by atoms with Gasteiger partial charge in [-0.15, -0.1) is 0 Å². The minimum absolute atomic E-state index is 0.168. The number of benzene rings is 1. The number of rotatable bonds is 5. The van der Waals surface area contributed by atoms with E-state index in [0.717, 1.165) is 30.6 Å². The zero-order valence-corrected chi connectivity index (χ0v) is 10.5. The number of para-hydroxylation sites is 1. The number of hydrogen-bond donors (Lipinski definition) is 2. The van der Waals surface area contributed by atoms with Crippen LogP contribution < -0.4 is 10.6 Å². The van der Waals surface area contributed by atoms with Crippen molar-refractivity contribution in [3.63, 3.8) is 0 Å². The van der Waals surface area contributed by atoms with Crippen molar-refractivity contribution in [3.05, 3.63) is 29.8 Å². The van der Waals surface area contributed by atoms with Crippen LogP contribution in [-0.4, -0.2) is 12.5 Å². The minimum Gasteiger partial charge on any atom is -0.326 e. The van der Waals surface area contributed by atoms with Gasteiger partial charge in [-0.2, -0.15) is 0 Å². The normalized spacial score (nSPS) is 16.6. The van der Waals surface area contributed by atoms with Gasteiger partial charge in [-0.25, -0.2) is 0 Å². The van der Waals surface area contributed by atoms with Crippen molar-refractivity contribution < 1.29 is 4.79 Å². The van der Waals surface area contributed by atoms with E-state index in [1.54, 1.807) is 0 Å². The summed E-state index contributed by atoms with van der Waals surface area (Å²) >= 11 is 0. The molecule has 1 unspecified atom stereocenters. The molecule has 0 heterocycles. The number of amides is 1. The number of nitrogens with one attached hydrogen (secondary N) is 2. The summed E-state index contributed by atoms with van der Waals surface area (Å²) in [6.45, 7) is 5.12. The monoisotopic (exact) mass is 232 g/mol. The first-order valence-electron chi connectivity index (χ1n) is 6.35. The Balaban J connectivity index is 2.11. The average molecular weight is 232 g/mol. The molecule has 0 saturated heterocycles.